The van der Waals surface area contributed by atoms with Crippen LogP contribution in [0.1, 0.15) is 0 Å². The average molecular weight is 281 g/mol. The molecule has 0 amide bonds. The van der Waals surface area contributed by atoms with Gasteiger partial charge in [-0.15, -0.1) is 0 Å². The summed E-state index contributed by atoms with van der Waals surface area (Å²) >= 11 is 0. The van der Waals surface area contributed by atoms with Gasteiger partial charge in [-0.05, 0) is 12.1 Å². The van der Waals surface area contributed by atoms with Gasteiger partial charge in [0, 0.05) is 32.4 Å². The highest BCUT2D eigenvalue weighted by molar-refractivity contribution is 5.69. The minimum absolute atomic E-state index is 0.715. The molecule has 7 heteroatoms. The second-order valence-corrected chi connectivity index (χ2v) is 4.97. The van der Waals surface area contributed by atoms with Crippen molar-refractivity contribution in [1.29, 1.82) is 0 Å². The van der Waals surface area contributed by atoms with Crippen LogP contribution >= 0.6 is 0 Å². The summed E-state index contributed by atoms with van der Waals surface area (Å²) in [6, 6.07) is 6.00. The lowest BCUT2D eigenvalue weighted by Gasteiger charge is -2.35. The SMILES string of the molecule is c1ccc(N2CCN(c3ncc4[nH]cnc4n3)CC2)nc1. The van der Waals surface area contributed by atoms with Gasteiger partial charge in [-0.25, -0.2) is 15.0 Å². The predicted molar refractivity (Wildman–Crippen MR) is 80.3 cm³/mol. The molecular weight excluding hydrogens is 266 g/mol. The van der Waals surface area contributed by atoms with E-state index in [0.29, 0.717) is 5.65 Å². The van der Waals surface area contributed by atoms with Gasteiger partial charge in [0.05, 0.1) is 12.5 Å². The molecule has 0 aromatic carbocycles. The second-order valence-electron chi connectivity index (χ2n) is 4.97. The number of aromatic amines is 1. The van der Waals surface area contributed by atoms with E-state index in [1.807, 2.05) is 24.4 Å². The molecule has 1 aliphatic rings. The number of H-pyrrole nitrogens is 1. The van der Waals surface area contributed by atoms with Crippen molar-refractivity contribution in [2.75, 3.05) is 36.0 Å². The third kappa shape index (κ3) is 2.26. The fourth-order valence-corrected chi connectivity index (χ4v) is 2.56. The zero-order chi connectivity index (χ0) is 14.1. The van der Waals surface area contributed by atoms with Gasteiger partial charge in [-0.2, -0.15) is 4.98 Å². The molecule has 0 bridgehead atoms. The van der Waals surface area contributed by atoms with Crippen molar-refractivity contribution in [3.8, 4) is 0 Å². The lowest BCUT2D eigenvalue weighted by Crippen LogP contribution is -2.47. The molecule has 21 heavy (non-hydrogen) atoms. The standard InChI is InChI=1S/C14H15N7/c1-2-4-15-12(3-1)20-5-7-21(8-6-20)14-16-9-11-13(19-14)18-10-17-11/h1-4,9-10H,5-8H2,(H,16,17,18,19). The Morgan fingerprint density at radius 3 is 2.62 bits per heavy atom. The Kier molecular flexibility index (Phi) is 2.88. The van der Waals surface area contributed by atoms with E-state index < -0.39 is 0 Å². The molecule has 4 rings (SSSR count). The van der Waals surface area contributed by atoms with Crippen molar-refractivity contribution >= 4 is 22.9 Å². The molecule has 4 heterocycles. The first-order valence-electron chi connectivity index (χ1n) is 6.97. The van der Waals surface area contributed by atoms with Crippen molar-refractivity contribution in [2.45, 2.75) is 0 Å². The summed E-state index contributed by atoms with van der Waals surface area (Å²) in [7, 11) is 0. The molecule has 0 radical (unpaired) electrons. The highest BCUT2D eigenvalue weighted by Crippen LogP contribution is 2.17. The minimum atomic E-state index is 0.715. The highest BCUT2D eigenvalue weighted by atomic mass is 15.3. The molecule has 0 aliphatic carbocycles. The molecule has 3 aromatic rings. The fourth-order valence-electron chi connectivity index (χ4n) is 2.56. The minimum Gasteiger partial charge on any atom is -0.353 e. The number of aromatic nitrogens is 5. The summed E-state index contributed by atoms with van der Waals surface area (Å²) < 4.78 is 0. The summed E-state index contributed by atoms with van der Waals surface area (Å²) in [5, 5.41) is 0. The topological polar surface area (TPSA) is 73.8 Å². The number of piperazine rings is 1. The van der Waals surface area contributed by atoms with Crippen LogP contribution in [0.15, 0.2) is 36.9 Å². The van der Waals surface area contributed by atoms with E-state index in [0.717, 1.165) is 43.5 Å². The Bertz CT molecular complexity index is 731. The molecular formula is C14H15N7. The van der Waals surface area contributed by atoms with E-state index in [1.54, 1.807) is 12.5 Å². The van der Waals surface area contributed by atoms with E-state index in [1.165, 1.54) is 0 Å². The Hall–Kier alpha value is -2.70. The summed E-state index contributed by atoms with van der Waals surface area (Å²) in [6.07, 6.45) is 5.26. The van der Waals surface area contributed by atoms with E-state index in [4.69, 9.17) is 0 Å². The van der Waals surface area contributed by atoms with E-state index >= 15 is 0 Å². The maximum absolute atomic E-state index is 4.49. The number of anilines is 2. The van der Waals surface area contributed by atoms with Gasteiger partial charge in [0.25, 0.3) is 0 Å². The largest absolute Gasteiger partial charge is 0.353 e. The first kappa shape index (κ1) is 12.1. The van der Waals surface area contributed by atoms with Crippen molar-refractivity contribution in [3.63, 3.8) is 0 Å². The van der Waals surface area contributed by atoms with Crippen LogP contribution in [0.5, 0.6) is 0 Å². The van der Waals surface area contributed by atoms with E-state index in [9.17, 15) is 0 Å². The van der Waals surface area contributed by atoms with Crippen molar-refractivity contribution < 1.29 is 0 Å². The third-order valence-corrected chi connectivity index (χ3v) is 3.70. The third-order valence-electron chi connectivity index (χ3n) is 3.70. The lowest BCUT2D eigenvalue weighted by molar-refractivity contribution is 0.635. The van der Waals surface area contributed by atoms with Crippen LogP contribution < -0.4 is 9.80 Å². The number of imidazole rings is 1. The molecule has 0 saturated carbocycles. The van der Waals surface area contributed by atoms with E-state index in [-0.39, 0.29) is 0 Å². The number of hydrogen-bond donors (Lipinski definition) is 1. The first-order valence-corrected chi connectivity index (χ1v) is 6.97. The number of pyridine rings is 1. The Balaban J connectivity index is 1.49. The number of nitrogens with zero attached hydrogens (tertiary/aromatic N) is 6. The molecule has 0 spiro atoms. The number of nitrogens with one attached hydrogen (secondary N) is 1. The van der Waals surface area contributed by atoms with Crippen molar-refractivity contribution in [1.82, 2.24) is 24.9 Å². The number of rotatable bonds is 2. The van der Waals surface area contributed by atoms with Crippen LogP contribution in [0.25, 0.3) is 11.2 Å². The fraction of sp³-hybridized carbons (Fsp3) is 0.286. The van der Waals surface area contributed by atoms with Crippen LogP contribution in [0, 0.1) is 0 Å². The van der Waals surface area contributed by atoms with Crippen molar-refractivity contribution in [3.05, 3.63) is 36.9 Å². The molecule has 0 atom stereocenters. The summed E-state index contributed by atoms with van der Waals surface area (Å²) in [5.74, 6) is 1.77. The first-order chi connectivity index (χ1) is 10.4. The Morgan fingerprint density at radius 2 is 1.81 bits per heavy atom. The normalized spacial score (nSPS) is 15.6. The van der Waals surface area contributed by atoms with Gasteiger partial charge in [-0.1, -0.05) is 6.07 Å². The maximum Gasteiger partial charge on any atom is 0.227 e. The van der Waals surface area contributed by atoms with Gasteiger partial charge >= 0.3 is 0 Å². The molecule has 1 fully saturated rings. The van der Waals surface area contributed by atoms with Gasteiger partial charge in [0.1, 0.15) is 11.3 Å². The Morgan fingerprint density at radius 1 is 0.952 bits per heavy atom. The van der Waals surface area contributed by atoms with Crippen LogP contribution in [-0.4, -0.2) is 51.1 Å². The highest BCUT2D eigenvalue weighted by Gasteiger charge is 2.20. The van der Waals surface area contributed by atoms with Crippen LogP contribution in [-0.2, 0) is 0 Å². The van der Waals surface area contributed by atoms with Gasteiger partial charge < -0.3 is 14.8 Å². The molecule has 7 nitrogen and oxygen atoms in total. The van der Waals surface area contributed by atoms with Gasteiger partial charge in [-0.3, -0.25) is 0 Å². The van der Waals surface area contributed by atoms with Gasteiger partial charge in [0.15, 0.2) is 5.65 Å². The zero-order valence-electron chi connectivity index (χ0n) is 11.5. The number of hydrogen-bond acceptors (Lipinski definition) is 6. The van der Waals surface area contributed by atoms with Crippen LogP contribution in [0.2, 0.25) is 0 Å². The van der Waals surface area contributed by atoms with E-state index in [2.05, 4.69) is 34.7 Å². The molecule has 0 unspecified atom stereocenters. The number of fused-ring (bicyclic) bond motifs is 1. The zero-order valence-corrected chi connectivity index (χ0v) is 11.5. The quantitative estimate of drug-likeness (QED) is 0.757. The van der Waals surface area contributed by atoms with Gasteiger partial charge in [0.2, 0.25) is 5.95 Å². The second kappa shape index (κ2) is 5.01. The summed E-state index contributed by atoms with van der Waals surface area (Å²) in [4.78, 5) is 25.0. The monoisotopic (exact) mass is 281 g/mol. The molecule has 3 aromatic heterocycles. The molecule has 1 N–H and O–H groups in total. The Labute approximate surface area is 121 Å². The molecule has 106 valence electrons. The summed E-state index contributed by atoms with van der Waals surface area (Å²) in [6.45, 7) is 3.59. The molecule has 1 saturated heterocycles. The average Bonchev–Trinajstić information content (AvgIpc) is 3.03. The van der Waals surface area contributed by atoms with Crippen molar-refractivity contribution in [2.24, 2.45) is 0 Å². The smallest absolute Gasteiger partial charge is 0.227 e. The predicted octanol–water partition coefficient (Wildman–Crippen LogP) is 1.07. The van der Waals surface area contributed by atoms with Crippen LogP contribution in [0.4, 0.5) is 11.8 Å². The lowest BCUT2D eigenvalue weighted by atomic mass is 10.3. The molecule has 1 aliphatic heterocycles. The maximum atomic E-state index is 4.49. The van der Waals surface area contributed by atoms with Crippen LogP contribution in [0.3, 0.4) is 0 Å². The summed E-state index contributed by atoms with van der Waals surface area (Å²) in [5.41, 5.74) is 1.58.